The van der Waals surface area contributed by atoms with Gasteiger partial charge in [0.2, 0.25) is 5.91 Å². The second-order valence-corrected chi connectivity index (χ2v) is 7.37. The van der Waals surface area contributed by atoms with Crippen LogP contribution in [0, 0.1) is 0 Å². The molecular formula is C19H14ClNO4S. The molecule has 132 valence electrons. The SMILES string of the molecule is O=C(C=Cc1ccc2ccccc2c1)Nc1cc(Cl)ccc1S(=O)(=O)O. The van der Waals surface area contributed by atoms with E-state index in [0.29, 0.717) is 0 Å². The first-order valence-electron chi connectivity index (χ1n) is 7.58. The molecule has 0 saturated heterocycles. The summed E-state index contributed by atoms with van der Waals surface area (Å²) in [7, 11) is -4.48. The minimum atomic E-state index is -4.48. The second-order valence-electron chi connectivity index (χ2n) is 5.54. The first-order valence-corrected chi connectivity index (χ1v) is 9.40. The van der Waals surface area contributed by atoms with Gasteiger partial charge in [0, 0.05) is 11.1 Å². The maximum atomic E-state index is 12.1. The maximum Gasteiger partial charge on any atom is 0.296 e. The van der Waals surface area contributed by atoms with Crippen LogP contribution >= 0.6 is 11.6 Å². The zero-order valence-electron chi connectivity index (χ0n) is 13.4. The zero-order chi connectivity index (χ0) is 18.7. The van der Waals surface area contributed by atoms with E-state index in [9.17, 15) is 17.8 Å². The average molecular weight is 388 g/mol. The Bertz CT molecular complexity index is 1120. The number of hydrogen-bond donors (Lipinski definition) is 2. The summed E-state index contributed by atoms with van der Waals surface area (Å²) in [6.45, 7) is 0. The Morgan fingerprint density at radius 3 is 2.46 bits per heavy atom. The number of benzene rings is 3. The Labute approximate surface area is 155 Å². The minimum absolute atomic E-state index is 0.0897. The van der Waals surface area contributed by atoms with Crippen LogP contribution in [0.5, 0.6) is 0 Å². The normalized spacial score (nSPS) is 11.8. The van der Waals surface area contributed by atoms with Crippen molar-refractivity contribution in [2.75, 3.05) is 5.32 Å². The molecule has 7 heteroatoms. The third-order valence-electron chi connectivity index (χ3n) is 3.68. The lowest BCUT2D eigenvalue weighted by atomic mass is 10.1. The summed E-state index contributed by atoms with van der Waals surface area (Å²) in [4.78, 5) is 11.7. The predicted molar refractivity (Wildman–Crippen MR) is 103 cm³/mol. The summed E-state index contributed by atoms with van der Waals surface area (Å²) >= 11 is 5.83. The fourth-order valence-electron chi connectivity index (χ4n) is 2.48. The van der Waals surface area contributed by atoms with Crippen molar-refractivity contribution < 1.29 is 17.8 Å². The van der Waals surface area contributed by atoms with Crippen LogP contribution in [0.25, 0.3) is 16.8 Å². The monoisotopic (exact) mass is 387 g/mol. The lowest BCUT2D eigenvalue weighted by molar-refractivity contribution is -0.111. The number of amides is 1. The number of hydrogen-bond acceptors (Lipinski definition) is 3. The van der Waals surface area contributed by atoms with Gasteiger partial charge >= 0.3 is 0 Å². The van der Waals surface area contributed by atoms with Gasteiger partial charge < -0.3 is 5.32 Å². The van der Waals surface area contributed by atoms with E-state index in [1.54, 1.807) is 6.08 Å². The van der Waals surface area contributed by atoms with Crippen molar-refractivity contribution >= 4 is 50.2 Å². The van der Waals surface area contributed by atoms with E-state index < -0.39 is 20.9 Å². The average Bonchev–Trinajstić information content (AvgIpc) is 2.59. The van der Waals surface area contributed by atoms with E-state index in [1.807, 2.05) is 42.5 Å². The van der Waals surface area contributed by atoms with Crippen LogP contribution in [0.1, 0.15) is 5.56 Å². The molecule has 0 heterocycles. The van der Waals surface area contributed by atoms with Crippen LogP contribution in [0.3, 0.4) is 0 Å². The predicted octanol–water partition coefficient (Wildman–Crippen LogP) is 4.39. The third-order valence-corrected chi connectivity index (χ3v) is 4.82. The van der Waals surface area contributed by atoms with Gasteiger partial charge in [0.25, 0.3) is 10.1 Å². The van der Waals surface area contributed by atoms with Crippen molar-refractivity contribution in [3.63, 3.8) is 0 Å². The molecule has 3 rings (SSSR count). The molecule has 0 unspecified atom stereocenters. The van der Waals surface area contributed by atoms with Crippen LogP contribution in [0.4, 0.5) is 5.69 Å². The van der Waals surface area contributed by atoms with Crippen LogP contribution in [0.2, 0.25) is 5.02 Å². The summed E-state index contributed by atoms with van der Waals surface area (Å²) in [6.07, 6.45) is 2.89. The Morgan fingerprint density at radius 2 is 1.73 bits per heavy atom. The lowest BCUT2D eigenvalue weighted by Gasteiger charge is -2.08. The number of fused-ring (bicyclic) bond motifs is 1. The molecule has 1 amide bonds. The number of halogens is 1. The van der Waals surface area contributed by atoms with Gasteiger partial charge in [-0.3, -0.25) is 9.35 Å². The van der Waals surface area contributed by atoms with Crippen LogP contribution in [0.15, 0.2) is 71.6 Å². The quantitative estimate of drug-likeness (QED) is 0.513. The molecule has 3 aromatic rings. The molecule has 0 spiro atoms. The fourth-order valence-corrected chi connectivity index (χ4v) is 3.28. The zero-order valence-corrected chi connectivity index (χ0v) is 15.0. The minimum Gasteiger partial charge on any atom is -0.321 e. The van der Waals surface area contributed by atoms with Gasteiger partial charge in [0.05, 0.1) is 5.69 Å². The highest BCUT2D eigenvalue weighted by Gasteiger charge is 2.16. The molecule has 0 bridgehead atoms. The number of carbonyl (C=O) groups is 1. The van der Waals surface area contributed by atoms with E-state index in [2.05, 4.69) is 5.32 Å². The molecule has 0 aromatic heterocycles. The Kier molecular flexibility index (Phi) is 5.08. The number of nitrogens with one attached hydrogen (secondary N) is 1. The van der Waals surface area contributed by atoms with E-state index in [-0.39, 0.29) is 10.7 Å². The van der Waals surface area contributed by atoms with Crippen molar-refractivity contribution in [2.45, 2.75) is 4.90 Å². The summed E-state index contributed by atoms with van der Waals surface area (Å²) in [5, 5.41) is 4.77. The topological polar surface area (TPSA) is 83.5 Å². The van der Waals surface area contributed by atoms with Gasteiger partial charge in [-0.25, -0.2) is 0 Å². The molecule has 0 saturated carbocycles. The van der Waals surface area contributed by atoms with Gasteiger partial charge in [0.1, 0.15) is 4.90 Å². The van der Waals surface area contributed by atoms with Crippen LogP contribution in [-0.4, -0.2) is 18.9 Å². The maximum absolute atomic E-state index is 12.1. The molecule has 0 atom stereocenters. The molecular weight excluding hydrogens is 374 g/mol. The van der Waals surface area contributed by atoms with Crippen molar-refractivity contribution in [3.8, 4) is 0 Å². The summed E-state index contributed by atoms with van der Waals surface area (Å²) in [6, 6.07) is 17.3. The molecule has 0 aliphatic carbocycles. The number of anilines is 1. The molecule has 0 radical (unpaired) electrons. The largest absolute Gasteiger partial charge is 0.321 e. The van der Waals surface area contributed by atoms with Crippen molar-refractivity contribution in [1.82, 2.24) is 0 Å². The fraction of sp³-hybridized carbons (Fsp3) is 0. The highest BCUT2D eigenvalue weighted by molar-refractivity contribution is 7.86. The van der Waals surface area contributed by atoms with Crippen molar-refractivity contribution in [1.29, 1.82) is 0 Å². The lowest BCUT2D eigenvalue weighted by Crippen LogP contribution is -2.12. The molecule has 0 aliphatic rings. The molecule has 26 heavy (non-hydrogen) atoms. The third kappa shape index (κ3) is 4.29. The van der Waals surface area contributed by atoms with Gasteiger partial charge in [0.15, 0.2) is 0 Å². The Morgan fingerprint density at radius 1 is 1.00 bits per heavy atom. The van der Waals surface area contributed by atoms with Crippen LogP contribution < -0.4 is 5.32 Å². The number of rotatable bonds is 4. The molecule has 0 fully saturated rings. The highest BCUT2D eigenvalue weighted by Crippen LogP contribution is 2.25. The van der Waals surface area contributed by atoms with E-state index >= 15 is 0 Å². The second kappa shape index (κ2) is 7.29. The standard InChI is InChI=1S/C19H14ClNO4S/c20-16-8-9-18(26(23,24)25)17(12-16)21-19(22)10-6-13-5-7-14-3-1-2-4-15(14)11-13/h1-12H,(H,21,22)(H,23,24,25). The van der Waals surface area contributed by atoms with E-state index in [4.69, 9.17) is 11.6 Å². The molecule has 2 N–H and O–H groups in total. The van der Waals surface area contributed by atoms with Gasteiger partial charge in [-0.05, 0) is 46.7 Å². The Hall–Kier alpha value is -2.67. The number of carbonyl (C=O) groups excluding carboxylic acids is 1. The Balaban J connectivity index is 1.82. The van der Waals surface area contributed by atoms with Crippen molar-refractivity contribution in [3.05, 3.63) is 77.3 Å². The van der Waals surface area contributed by atoms with Gasteiger partial charge in [-0.1, -0.05) is 48.0 Å². The summed E-state index contributed by atoms with van der Waals surface area (Å²) in [5.74, 6) is -0.551. The molecule has 0 aliphatic heterocycles. The van der Waals surface area contributed by atoms with Gasteiger partial charge in [-0.2, -0.15) is 8.42 Å². The van der Waals surface area contributed by atoms with E-state index in [1.165, 1.54) is 18.2 Å². The van der Waals surface area contributed by atoms with Gasteiger partial charge in [-0.15, -0.1) is 0 Å². The molecule has 3 aromatic carbocycles. The highest BCUT2D eigenvalue weighted by atomic mass is 35.5. The van der Waals surface area contributed by atoms with E-state index in [0.717, 1.165) is 22.4 Å². The van der Waals surface area contributed by atoms with Crippen molar-refractivity contribution in [2.24, 2.45) is 0 Å². The van der Waals surface area contributed by atoms with Crippen LogP contribution in [-0.2, 0) is 14.9 Å². The first kappa shape index (κ1) is 18.1. The summed E-state index contributed by atoms with van der Waals surface area (Å²) < 4.78 is 32.0. The summed E-state index contributed by atoms with van der Waals surface area (Å²) in [5.41, 5.74) is 0.730. The first-order chi connectivity index (χ1) is 12.3. The smallest absolute Gasteiger partial charge is 0.296 e. The molecule has 5 nitrogen and oxygen atoms in total.